The molecule has 136 valence electrons. The van der Waals surface area contributed by atoms with Gasteiger partial charge in [-0.15, -0.1) is 11.6 Å². The number of allylic oxidation sites excluding steroid dienone is 2. The topological polar surface area (TPSA) is 55.8 Å². The van der Waals surface area contributed by atoms with Crippen molar-refractivity contribution in [1.82, 2.24) is 4.90 Å². The standard InChI is InChI=1S/C19H24ClNO4/c1-3-24-19(23)17-18(25-11-12-6-4-5-7-12)14-9-15(20)16(22)8-13(14)10-21(17)2/h9-10,12,15H,3-8,11H2,1-2H3. The first-order valence-electron chi connectivity index (χ1n) is 8.88. The molecule has 0 spiro atoms. The third kappa shape index (κ3) is 3.76. The Labute approximate surface area is 153 Å². The Morgan fingerprint density at radius 3 is 2.76 bits per heavy atom. The van der Waals surface area contributed by atoms with E-state index in [1.54, 1.807) is 31.1 Å². The van der Waals surface area contributed by atoms with Crippen LogP contribution in [0.4, 0.5) is 0 Å². The molecule has 25 heavy (non-hydrogen) atoms. The summed E-state index contributed by atoms with van der Waals surface area (Å²) in [6.45, 7) is 2.63. The summed E-state index contributed by atoms with van der Waals surface area (Å²) in [7, 11) is 1.77. The van der Waals surface area contributed by atoms with Crippen molar-refractivity contribution in [3.05, 3.63) is 34.9 Å². The minimum atomic E-state index is -0.691. The number of alkyl halides is 1. The molecule has 5 nitrogen and oxygen atoms in total. The van der Waals surface area contributed by atoms with E-state index in [1.165, 1.54) is 12.8 Å². The molecule has 1 saturated carbocycles. The molecular weight excluding hydrogens is 342 g/mol. The molecule has 0 N–H and O–H groups in total. The van der Waals surface area contributed by atoms with Gasteiger partial charge in [-0.05, 0) is 37.3 Å². The summed E-state index contributed by atoms with van der Waals surface area (Å²) < 4.78 is 11.3. The number of carbonyl (C=O) groups is 2. The van der Waals surface area contributed by atoms with Crippen LogP contribution < -0.4 is 0 Å². The van der Waals surface area contributed by atoms with Crippen LogP contribution in [-0.4, -0.2) is 42.3 Å². The predicted octanol–water partition coefficient (Wildman–Crippen LogP) is 3.30. The van der Waals surface area contributed by atoms with E-state index < -0.39 is 11.3 Å². The highest BCUT2D eigenvalue weighted by Crippen LogP contribution is 2.38. The summed E-state index contributed by atoms with van der Waals surface area (Å²) in [4.78, 5) is 26.1. The molecule has 0 aromatic rings. The second kappa shape index (κ2) is 7.65. The molecule has 1 aliphatic heterocycles. The van der Waals surface area contributed by atoms with Crippen LogP contribution in [-0.2, 0) is 19.1 Å². The van der Waals surface area contributed by atoms with Crippen molar-refractivity contribution in [3.63, 3.8) is 0 Å². The van der Waals surface area contributed by atoms with E-state index in [2.05, 4.69) is 0 Å². The zero-order chi connectivity index (χ0) is 18.0. The lowest BCUT2D eigenvalue weighted by atomic mass is 9.89. The first-order chi connectivity index (χ1) is 12.0. The van der Waals surface area contributed by atoms with Crippen LogP contribution in [0.1, 0.15) is 39.0 Å². The van der Waals surface area contributed by atoms with Gasteiger partial charge in [-0.1, -0.05) is 12.8 Å². The van der Waals surface area contributed by atoms with Gasteiger partial charge in [-0.3, -0.25) is 4.79 Å². The quantitative estimate of drug-likeness (QED) is 0.552. The van der Waals surface area contributed by atoms with Crippen LogP contribution in [0.3, 0.4) is 0 Å². The van der Waals surface area contributed by atoms with Crippen molar-refractivity contribution in [2.75, 3.05) is 20.3 Å². The largest absolute Gasteiger partial charge is 0.490 e. The lowest BCUT2D eigenvalue weighted by Crippen LogP contribution is -2.31. The molecule has 1 unspecified atom stereocenters. The van der Waals surface area contributed by atoms with Crippen LogP contribution in [0.2, 0.25) is 0 Å². The first-order valence-corrected chi connectivity index (χ1v) is 9.32. The predicted molar refractivity (Wildman–Crippen MR) is 94.8 cm³/mol. The Morgan fingerprint density at radius 2 is 2.08 bits per heavy atom. The Balaban J connectivity index is 1.95. The lowest BCUT2D eigenvalue weighted by Gasteiger charge is -2.32. The fraction of sp³-hybridized carbons (Fsp3) is 0.579. The molecule has 0 aromatic heterocycles. The fourth-order valence-electron chi connectivity index (χ4n) is 3.61. The van der Waals surface area contributed by atoms with E-state index in [0.717, 1.165) is 24.0 Å². The fourth-order valence-corrected chi connectivity index (χ4v) is 3.81. The van der Waals surface area contributed by atoms with Gasteiger partial charge in [0.15, 0.2) is 17.2 Å². The number of fused-ring (bicyclic) bond motifs is 1. The zero-order valence-electron chi connectivity index (χ0n) is 14.7. The Bertz CT molecular complexity index is 658. The van der Waals surface area contributed by atoms with E-state index in [-0.39, 0.29) is 18.8 Å². The number of nitrogens with zero attached hydrogens (tertiary/aromatic N) is 1. The zero-order valence-corrected chi connectivity index (χ0v) is 15.5. The van der Waals surface area contributed by atoms with Crippen molar-refractivity contribution < 1.29 is 19.1 Å². The molecular formula is C19H24ClNO4. The normalized spacial score (nSPS) is 24.0. The molecule has 0 saturated heterocycles. The second-order valence-corrected chi connectivity index (χ2v) is 7.22. The Kier molecular flexibility index (Phi) is 5.52. The van der Waals surface area contributed by atoms with E-state index in [4.69, 9.17) is 21.1 Å². The van der Waals surface area contributed by atoms with Gasteiger partial charge in [0, 0.05) is 25.2 Å². The summed E-state index contributed by atoms with van der Waals surface area (Å²) in [5.74, 6) is 0.530. The minimum absolute atomic E-state index is 0.0419. The van der Waals surface area contributed by atoms with Crippen molar-refractivity contribution in [3.8, 4) is 0 Å². The van der Waals surface area contributed by atoms with E-state index in [9.17, 15) is 9.59 Å². The molecule has 1 fully saturated rings. The highest BCUT2D eigenvalue weighted by Gasteiger charge is 2.35. The minimum Gasteiger partial charge on any atom is -0.490 e. The molecule has 1 atom stereocenters. The van der Waals surface area contributed by atoms with Gasteiger partial charge < -0.3 is 14.4 Å². The highest BCUT2D eigenvalue weighted by molar-refractivity contribution is 6.33. The average molecular weight is 366 g/mol. The summed E-state index contributed by atoms with van der Waals surface area (Å²) in [5, 5.41) is -0.691. The number of ketones is 1. The summed E-state index contributed by atoms with van der Waals surface area (Å²) >= 11 is 6.14. The molecule has 3 rings (SSSR count). The molecule has 0 amide bonds. The summed E-state index contributed by atoms with van der Waals surface area (Å²) in [6, 6.07) is 0. The lowest BCUT2D eigenvalue weighted by molar-refractivity contribution is -0.140. The average Bonchev–Trinajstić information content (AvgIpc) is 3.07. The molecule has 0 bridgehead atoms. The van der Waals surface area contributed by atoms with Crippen LogP contribution in [0.25, 0.3) is 0 Å². The molecule has 3 aliphatic rings. The number of hydrogen-bond donors (Lipinski definition) is 0. The first kappa shape index (κ1) is 18.1. The smallest absolute Gasteiger partial charge is 0.358 e. The van der Waals surface area contributed by atoms with Crippen LogP contribution in [0, 0.1) is 5.92 Å². The number of halogens is 1. The van der Waals surface area contributed by atoms with E-state index in [0.29, 0.717) is 24.0 Å². The molecule has 0 aromatic carbocycles. The number of rotatable bonds is 5. The maximum Gasteiger partial charge on any atom is 0.358 e. The van der Waals surface area contributed by atoms with Crippen molar-refractivity contribution in [1.29, 1.82) is 0 Å². The summed E-state index contributed by atoms with van der Waals surface area (Å²) in [6.07, 6.45) is 8.48. The van der Waals surface area contributed by atoms with Gasteiger partial charge in [0.05, 0.1) is 13.2 Å². The highest BCUT2D eigenvalue weighted by atomic mass is 35.5. The van der Waals surface area contributed by atoms with E-state index >= 15 is 0 Å². The number of Topliss-reactive ketones (excluding diaryl/α,β-unsaturated/α-hetero) is 1. The van der Waals surface area contributed by atoms with Crippen molar-refractivity contribution in [2.24, 2.45) is 5.92 Å². The summed E-state index contributed by atoms with van der Waals surface area (Å²) in [5.41, 5.74) is 1.95. The van der Waals surface area contributed by atoms with Gasteiger partial charge >= 0.3 is 5.97 Å². The monoisotopic (exact) mass is 365 g/mol. The molecule has 0 radical (unpaired) electrons. The maximum absolute atomic E-state index is 12.5. The van der Waals surface area contributed by atoms with Crippen LogP contribution in [0.15, 0.2) is 34.9 Å². The molecule has 6 heteroatoms. The molecule has 1 heterocycles. The third-order valence-electron chi connectivity index (χ3n) is 4.90. The van der Waals surface area contributed by atoms with E-state index in [1.807, 2.05) is 0 Å². The molecule has 2 aliphatic carbocycles. The third-order valence-corrected chi connectivity index (χ3v) is 5.27. The van der Waals surface area contributed by atoms with Crippen molar-refractivity contribution >= 4 is 23.4 Å². The van der Waals surface area contributed by atoms with Gasteiger partial charge in [-0.2, -0.15) is 0 Å². The van der Waals surface area contributed by atoms with Gasteiger partial charge in [0.2, 0.25) is 0 Å². The van der Waals surface area contributed by atoms with Crippen LogP contribution >= 0.6 is 11.6 Å². The van der Waals surface area contributed by atoms with Crippen LogP contribution in [0.5, 0.6) is 0 Å². The number of carbonyl (C=O) groups excluding carboxylic acids is 2. The van der Waals surface area contributed by atoms with Gasteiger partial charge in [-0.25, -0.2) is 4.79 Å². The Morgan fingerprint density at radius 1 is 1.36 bits per heavy atom. The number of esters is 1. The number of likely N-dealkylation sites (N-methyl/N-ethyl adjacent to an activating group) is 1. The van der Waals surface area contributed by atoms with Gasteiger partial charge in [0.1, 0.15) is 5.38 Å². The number of hydrogen-bond acceptors (Lipinski definition) is 5. The SMILES string of the molecule is CCOC(=O)C1=C(OCC2CCCC2)C2=CC(Cl)C(=O)CC2=CN1C. The van der Waals surface area contributed by atoms with Gasteiger partial charge in [0.25, 0.3) is 0 Å². The number of ether oxygens (including phenoxy) is 2. The van der Waals surface area contributed by atoms with Crippen molar-refractivity contribution in [2.45, 2.75) is 44.4 Å². The maximum atomic E-state index is 12.5. The Hall–Kier alpha value is -1.75. The second-order valence-electron chi connectivity index (χ2n) is 6.75.